The lowest BCUT2D eigenvalue weighted by Gasteiger charge is -2.12. The highest BCUT2D eigenvalue weighted by atomic mass is 16.5. The summed E-state index contributed by atoms with van der Waals surface area (Å²) in [6.07, 6.45) is 0.584. The summed E-state index contributed by atoms with van der Waals surface area (Å²) in [6, 6.07) is 6.43. The van der Waals surface area contributed by atoms with Crippen LogP contribution in [0.5, 0.6) is 11.5 Å². The van der Waals surface area contributed by atoms with Crippen LogP contribution in [0.15, 0.2) is 18.2 Å². The summed E-state index contributed by atoms with van der Waals surface area (Å²) in [7, 11) is 1.47. The number of aliphatic hydroxyl groups excluding tert-OH is 1. The number of hydrogen-bond acceptors (Lipinski definition) is 5. The molecule has 5 nitrogen and oxygen atoms in total. The molecule has 1 aromatic rings. The summed E-state index contributed by atoms with van der Waals surface area (Å²) in [5.74, 6) is 0.384. The van der Waals surface area contributed by atoms with Crippen LogP contribution >= 0.6 is 0 Å². The lowest BCUT2D eigenvalue weighted by molar-refractivity contribution is 0.285. The van der Waals surface area contributed by atoms with E-state index in [2.05, 4.69) is 11.4 Å². The molecular formula is C12H16N2O3. The molecule has 1 aromatic carbocycles. The molecule has 0 fully saturated rings. The normalized spacial score (nSPS) is 11.8. The molecule has 0 saturated carbocycles. The van der Waals surface area contributed by atoms with Crippen molar-refractivity contribution in [3.8, 4) is 17.6 Å². The van der Waals surface area contributed by atoms with Gasteiger partial charge >= 0.3 is 0 Å². The maximum atomic E-state index is 9.61. The Hall–Kier alpha value is -1.77. The lowest BCUT2D eigenvalue weighted by Crippen LogP contribution is -2.21. The molecule has 0 aliphatic rings. The van der Waals surface area contributed by atoms with Gasteiger partial charge in [0.1, 0.15) is 6.04 Å². The average molecular weight is 236 g/mol. The van der Waals surface area contributed by atoms with Crippen LogP contribution in [0, 0.1) is 11.3 Å². The molecule has 0 amide bonds. The van der Waals surface area contributed by atoms with Crippen molar-refractivity contribution in [2.45, 2.75) is 12.5 Å². The van der Waals surface area contributed by atoms with Crippen molar-refractivity contribution in [2.75, 3.05) is 20.3 Å². The molecule has 1 unspecified atom stereocenters. The monoisotopic (exact) mass is 236 g/mol. The molecule has 1 rings (SSSR count). The fraction of sp³-hybridized carbons (Fsp3) is 0.417. The number of nitriles is 1. The summed E-state index contributed by atoms with van der Waals surface area (Å²) in [4.78, 5) is 0. The number of aliphatic hydroxyl groups is 1. The minimum Gasteiger partial charge on any atom is -0.504 e. The van der Waals surface area contributed by atoms with Gasteiger partial charge < -0.3 is 14.9 Å². The van der Waals surface area contributed by atoms with Crippen LogP contribution in [0.4, 0.5) is 0 Å². The quantitative estimate of drug-likeness (QED) is 0.640. The minimum absolute atomic E-state index is 0.00853. The zero-order chi connectivity index (χ0) is 12.7. The molecule has 0 spiro atoms. The van der Waals surface area contributed by atoms with Crippen LogP contribution in [-0.4, -0.2) is 30.5 Å². The molecule has 0 bridgehead atoms. The second kappa shape index (κ2) is 6.74. The molecule has 17 heavy (non-hydrogen) atoms. The van der Waals surface area contributed by atoms with E-state index in [9.17, 15) is 5.11 Å². The second-order valence-corrected chi connectivity index (χ2v) is 3.52. The number of nitrogens with zero attached hydrogens (tertiary/aromatic N) is 1. The van der Waals surface area contributed by atoms with Gasteiger partial charge in [0, 0.05) is 6.61 Å². The van der Waals surface area contributed by atoms with Gasteiger partial charge in [0.25, 0.3) is 0 Å². The van der Waals surface area contributed by atoms with E-state index in [0.717, 1.165) is 0 Å². The van der Waals surface area contributed by atoms with E-state index in [0.29, 0.717) is 24.3 Å². The number of hydrogen-bond donors (Lipinski definition) is 3. The molecule has 0 heterocycles. The Bertz CT molecular complexity index is 401. The third-order valence-electron chi connectivity index (χ3n) is 2.35. The lowest BCUT2D eigenvalue weighted by atomic mass is 10.1. The number of phenols is 1. The Morgan fingerprint density at radius 3 is 2.82 bits per heavy atom. The largest absolute Gasteiger partial charge is 0.504 e. The smallest absolute Gasteiger partial charge is 0.160 e. The highest BCUT2D eigenvalue weighted by Gasteiger charge is 2.11. The van der Waals surface area contributed by atoms with Gasteiger partial charge in [0.15, 0.2) is 11.5 Å². The fourth-order valence-corrected chi connectivity index (χ4v) is 1.45. The first-order valence-electron chi connectivity index (χ1n) is 5.33. The standard InChI is InChI=1S/C12H16N2O3/c1-17-12-4-3-9(7-11(12)16)10(8-13)14-5-2-6-15/h3-4,7,10,14-16H,2,5-6H2,1H3. The van der Waals surface area contributed by atoms with Gasteiger partial charge in [-0.1, -0.05) is 6.07 Å². The molecular weight excluding hydrogens is 220 g/mol. The Morgan fingerprint density at radius 2 is 2.29 bits per heavy atom. The number of ether oxygens (including phenoxy) is 1. The summed E-state index contributed by atoms with van der Waals surface area (Å²) in [5.41, 5.74) is 0.670. The molecule has 5 heteroatoms. The number of methoxy groups -OCH3 is 1. The van der Waals surface area contributed by atoms with Crippen molar-refractivity contribution in [3.05, 3.63) is 23.8 Å². The van der Waals surface area contributed by atoms with Crippen molar-refractivity contribution < 1.29 is 14.9 Å². The fourth-order valence-electron chi connectivity index (χ4n) is 1.45. The first-order chi connectivity index (χ1) is 8.22. The first-order valence-corrected chi connectivity index (χ1v) is 5.33. The van der Waals surface area contributed by atoms with Crippen molar-refractivity contribution >= 4 is 0 Å². The number of rotatable bonds is 6. The van der Waals surface area contributed by atoms with E-state index < -0.39 is 6.04 Å². The highest BCUT2D eigenvalue weighted by Crippen LogP contribution is 2.28. The van der Waals surface area contributed by atoms with Gasteiger partial charge in [0.05, 0.1) is 13.2 Å². The van der Waals surface area contributed by atoms with Gasteiger partial charge in [0.2, 0.25) is 0 Å². The predicted octanol–water partition coefficient (Wildman–Crippen LogP) is 0.937. The van der Waals surface area contributed by atoms with Gasteiger partial charge in [-0.05, 0) is 30.7 Å². The van der Waals surface area contributed by atoms with E-state index >= 15 is 0 Å². The van der Waals surface area contributed by atoms with E-state index in [1.165, 1.54) is 13.2 Å². The minimum atomic E-state index is -0.502. The third-order valence-corrected chi connectivity index (χ3v) is 2.35. The van der Waals surface area contributed by atoms with Gasteiger partial charge in [-0.2, -0.15) is 5.26 Å². The SMILES string of the molecule is COc1ccc(C(C#N)NCCCO)cc1O. The van der Waals surface area contributed by atoms with E-state index in [4.69, 9.17) is 15.1 Å². The third kappa shape index (κ3) is 3.63. The van der Waals surface area contributed by atoms with Crippen LogP contribution in [0.25, 0.3) is 0 Å². The molecule has 0 aromatic heterocycles. The molecule has 92 valence electrons. The second-order valence-electron chi connectivity index (χ2n) is 3.52. The highest BCUT2D eigenvalue weighted by molar-refractivity contribution is 5.43. The van der Waals surface area contributed by atoms with E-state index in [1.54, 1.807) is 12.1 Å². The zero-order valence-corrected chi connectivity index (χ0v) is 9.68. The van der Waals surface area contributed by atoms with Crippen molar-refractivity contribution in [3.63, 3.8) is 0 Å². The van der Waals surface area contributed by atoms with Crippen LogP contribution in [-0.2, 0) is 0 Å². The predicted molar refractivity (Wildman–Crippen MR) is 62.7 cm³/mol. The molecule has 0 radical (unpaired) electrons. The summed E-state index contributed by atoms with van der Waals surface area (Å²) < 4.78 is 4.93. The van der Waals surface area contributed by atoms with Crippen LogP contribution in [0.1, 0.15) is 18.0 Å². The van der Waals surface area contributed by atoms with Crippen molar-refractivity contribution in [1.29, 1.82) is 5.26 Å². The van der Waals surface area contributed by atoms with Gasteiger partial charge in [-0.3, -0.25) is 5.32 Å². The number of benzene rings is 1. The summed E-state index contributed by atoms with van der Waals surface area (Å²) in [5, 5.41) is 30.2. The number of nitrogens with one attached hydrogen (secondary N) is 1. The van der Waals surface area contributed by atoms with Crippen molar-refractivity contribution in [1.82, 2.24) is 5.32 Å². The summed E-state index contributed by atoms with van der Waals surface area (Å²) >= 11 is 0. The Morgan fingerprint density at radius 1 is 1.53 bits per heavy atom. The van der Waals surface area contributed by atoms with E-state index in [-0.39, 0.29) is 12.4 Å². The molecule has 3 N–H and O–H groups in total. The van der Waals surface area contributed by atoms with Crippen LogP contribution in [0.3, 0.4) is 0 Å². The Kier molecular flexibility index (Phi) is 5.27. The zero-order valence-electron chi connectivity index (χ0n) is 9.68. The maximum Gasteiger partial charge on any atom is 0.160 e. The number of phenolic OH excluding ortho intramolecular Hbond substituents is 1. The first kappa shape index (κ1) is 13.3. The topological polar surface area (TPSA) is 85.5 Å². The van der Waals surface area contributed by atoms with Crippen LogP contribution < -0.4 is 10.1 Å². The average Bonchev–Trinajstić information content (AvgIpc) is 2.35. The molecule has 1 atom stereocenters. The molecule has 0 aliphatic carbocycles. The van der Waals surface area contributed by atoms with Gasteiger partial charge in [-0.25, -0.2) is 0 Å². The molecule has 0 saturated heterocycles. The summed E-state index contributed by atoms with van der Waals surface area (Å²) in [6.45, 7) is 0.626. The molecule has 0 aliphatic heterocycles. The van der Waals surface area contributed by atoms with E-state index in [1.807, 2.05) is 0 Å². The Labute approximate surface area is 100 Å². The Balaban J connectivity index is 2.75. The van der Waals surface area contributed by atoms with Crippen LogP contribution in [0.2, 0.25) is 0 Å². The maximum absolute atomic E-state index is 9.61. The van der Waals surface area contributed by atoms with Gasteiger partial charge in [-0.15, -0.1) is 0 Å². The van der Waals surface area contributed by atoms with Crippen molar-refractivity contribution in [2.24, 2.45) is 0 Å². The number of aromatic hydroxyl groups is 1.